The van der Waals surface area contributed by atoms with E-state index in [0.717, 1.165) is 24.9 Å². The third-order valence-corrected chi connectivity index (χ3v) is 4.36. The number of benzene rings is 1. The highest BCUT2D eigenvalue weighted by atomic mass is 16.2. The van der Waals surface area contributed by atoms with Crippen LogP contribution in [0.25, 0.3) is 0 Å². The van der Waals surface area contributed by atoms with Crippen molar-refractivity contribution in [3.05, 3.63) is 29.8 Å². The third-order valence-electron chi connectivity index (χ3n) is 4.36. The van der Waals surface area contributed by atoms with Crippen molar-refractivity contribution < 1.29 is 4.79 Å². The fourth-order valence-corrected chi connectivity index (χ4v) is 2.72. The summed E-state index contributed by atoms with van der Waals surface area (Å²) in [5, 5.41) is 3.03. The molecule has 1 fully saturated rings. The minimum atomic E-state index is -0.423. The maximum absolute atomic E-state index is 12.4. The Hall–Kier alpha value is -1.35. The first kappa shape index (κ1) is 14.1. The van der Waals surface area contributed by atoms with E-state index in [1.54, 1.807) is 0 Å². The summed E-state index contributed by atoms with van der Waals surface area (Å²) in [6.07, 6.45) is 2.86. The summed E-state index contributed by atoms with van der Waals surface area (Å²) in [5.41, 5.74) is 7.77. The first-order valence-electron chi connectivity index (χ1n) is 7.10. The zero-order valence-electron chi connectivity index (χ0n) is 12.1. The van der Waals surface area contributed by atoms with E-state index < -0.39 is 5.41 Å². The van der Waals surface area contributed by atoms with E-state index in [1.165, 1.54) is 5.56 Å². The van der Waals surface area contributed by atoms with Gasteiger partial charge in [0.05, 0.1) is 5.41 Å². The number of anilines is 1. The van der Waals surface area contributed by atoms with Crippen LogP contribution in [-0.4, -0.2) is 11.9 Å². The minimum Gasteiger partial charge on any atom is -0.327 e. The van der Waals surface area contributed by atoms with E-state index in [1.807, 2.05) is 25.1 Å². The minimum absolute atomic E-state index is 0.0271. The molecule has 2 rings (SSSR count). The Balaban J connectivity index is 2.13. The van der Waals surface area contributed by atoms with Gasteiger partial charge in [0.2, 0.25) is 5.91 Å². The van der Waals surface area contributed by atoms with Crippen LogP contribution in [0.5, 0.6) is 0 Å². The van der Waals surface area contributed by atoms with Crippen LogP contribution in [0.15, 0.2) is 24.3 Å². The molecule has 1 aliphatic carbocycles. The molecule has 0 spiro atoms. The first-order chi connectivity index (χ1) is 8.93. The Labute approximate surface area is 115 Å². The molecule has 2 unspecified atom stereocenters. The second-order valence-electron chi connectivity index (χ2n) is 6.15. The Kier molecular flexibility index (Phi) is 3.95. The van der Waals surface area contributed by atoms with Crippen molar-refractivity contribution in [3.63, 3.8) is 0 Å². The van der Waals surface area contributed by atoms with E-state index in [4.69, 9.17) is 5.73 Å². The summed E-state index contributed by atoms with van der Waals surface area (Å²) in [6, 6.07) is 8.03. The summed E-state index contributed by atoms with van der Waals surface area (Å²) in [7, 11) is 0. The van der Waals surface area contributed by atoms with Crippen LogP contribution in [0, 0.1) is 5.41 Å². The average molecular weight is 260 g/mol. The molecule has 0 heterocycles. The first-order valence-corrected chi connectivity index (χ1v) is 7.10. The molecule has 19 heavy (non-hydrogen) atoms. The van der Waals surface area contributed by atoms with Gasteiger partial charge in [-0.3, -0.25) is 4.79 Å². The summed E-state index contributed by atoms with van der Waals surface area (Å²) in [6.45, 7) is 6.27. The van der Waals surface area contributed by atoms with Crippen LogP contribution in [-0.2, 0) is 4.79 Å². The molecule has 0 bridgehead atoms. The Bertz CT molecular complexity index is 470. The van der Waals surface area contributed by atoms with Crippen LogP contribution >= 0.6 is 0 Å². The molecule has 3 nitrogen and oxygen atoms in total. The molecule has 104 valence electrons. The molecule has 0 saturated heterocycles. The van der Waals surface area contributed by atoms with E-state index in [-0.39, 0.29) is 11.9 Å². The normalized spacial score (nSPS) is 26.7. The summed E-state index contributed by atoms with van der Waals surface area (Å²) in [4.78, 5) is 12.4. The van der Waals surface area contributed by atoms with Gasteiger partial charge in [0.1, 0.15) is 0 Å². The molecule has 2 atom stereocenters. The van der Waals surface area contributed by atoms with Gasteiger partial charge in [-0.25, -0.2) is 0 Å². The number of hydrogen-bond acceptors (Lipinski definition) is 2. The Morgan fingerprint density at radius 1 is 1.47 bits per heavy atom. The van der Waals surface area contributed by atoms with Gasteiger partial charge in [-0.2, -0.15) is 0 Å². The highest BCUT2D eigenvalue weighted by Gasteiger charge is 2.42. The highest BCUT2D eigenvalue weighted by Crippen LogP contribution is 2.37. The van der Waals surface area contributed by atoms with Crippen molar-refractivity contribution in [1.29, 1.82) is 0 Å². The zero-order chi connectivity index (χ0) is 14.0. The van der Waals surface area contributed by atoms with Crippen LogP contribution < -0.4 is 11.1 Å². The van der Waals surface area contributed by atoms with Gasteiger partial charge in [0.15, 0.2) is 0 Å². The monoisotopic (exact) mass is 260 g/mol. The van der Waals surface area contributed by atoms with Gasteiger partial charge in [-0.1, -0.05) is 32.4 Å². The van der Waals surface area contributed by atoms with E-state index in [0.29, 0.717) is 5.92 Å². The fraction of sp³-hybridized carbons (Fsp3) is 0.562. The number of carbonyl (C=O) groups is 1. The lowest BCUT2D eigenvalue weighted by Gasteiger charge is -2.27. The maximum atomic E-state index is 12.4. The molecular weight excluding hydrogens is 236 g/mol. The van der Waals surface area contributed by atoms with Gasteiger partial charge in [-0.05, 0) is 43.4 Å². The van der Waals surface area contributed by atoms with Gasteiger partial charge >= 0.3 is 0 Å². The van der Waals surface area contributed by atoms with Crippen LogP contribution in [0.3, 0.4) is 0 Å². The number of nitrogens with two attached hydrogens (primary N) is 1. The predicted molar refractivity (Wildman–Crippen MR) is 79.1 cm³/mol. The molecule has 1 aromatic rings. The molecule has 3 N–H and O–H groups in total. The molecule has 1 saturated carbocycles. The number of nitrogens with one attached hydrogen (secondary N) is 1. The molecule has 3 heteroatoms. The number of amides is 1. The molecule has 0 radical (unpaired) electrons. The second kappa shape index (κ2) is 5.33. The van der Waals surface area contributed by atoms with Gasteiger partial charge in [0, 0.05) is 11.7 Å². The maximum Gasteiger partial charge on any atom is 0.231 e. The highest BCUT2D eigenvalue weighted by molar-refractivity contribution is 5.95. The van der Waals surface area contributed by atoms with Gasteiger partial charge < -0.3 is 11.1 Å². The second-order valence-corrected chi connectivity index (χ2v) is 6.15. The van der Waals surface area contributed by atoms with E-state index in [2.05, 4.69) is 25.2 Å². The zero-order valence-corrected chi connectivity index (χ0v) is 12.1. The SMILES string of the molecule is CC(C)c1cccc(NC(=O)C2(C)CCCC2N)c1. The van der Waals surface area contributed by atoms with E-state index >= 15 is 0 Å². The van der Waals surface area contributed by atoms with Crippen molar-refractivity contribution in [3.8, 4) is 0 Å². The van der Waals surface area contributed by atoms with E-state index in [9.17, 15) is 4.79 Å². The van der Waals surface area contributed by atoms with Crippen LogP contribution in [0.1, 0.15) is 51.5 Å². The van der Waals surface area contributed by atoms with Crippen LogP contribution in [0.4, 0.5) is 5.69 Å². The van der Waals surface area contributed by atoms with Crippen LogP contribution in [0.2, 0.25) is 0 Å². The molecular formula is C16H24N2O. The van der Waals surface area contributed by atoms with Crippen molar-refractivity contribution in [2.75, 3.05) is 5.32 Å². The van der Waals surface area contributed by atoms with Gasteiger partial charge in [-0.15, -0.1) is 0 Å². The summed E-state index contributed by atoms with van der Waals surface area (Å²) >= 11 is 0. The lowest BCUT2D eigenvalue weighted by atomic mass is 9.84. The number of hydrogen-bond donors (Lipinski definition) is 2. The molecule has 1 amide bonds. The topological polar surface area (TPSA) is 55.1 Å². The summed E-state index contributed by atoms with van der Waals surface area (Å²) < 4.78 is 0. The standard InChI is InChI=1S/C16H24N2O/c1-11(2)12-6-4-7-13(10-12)18-15(19)16(3)9-5-8-14(16)17/h4,6-7,10-11,14H,5,8-9,17H2,1-3H3,(H,18,19). The predicted octanol–water partition coefficient (Wildman–Crippen LogP) is 3.27. The lowest BCUT2D eigenvalue weighted by molar-refractivity contribution is -0.125. The number of rotatable bonds is 3. The quantitative estimate of drug-likeness (QED) is 0.876. The number of carbonyl (C=O) groups excluding carboxylic acids is 1. The van der Waals surface area contributed by atoms with Crippen molar-refractivity contribution in [2.24, 2.45) is 11.1 Å². The fourth-order valence-electron chi connectivity index (χ4n) is 2.72. The smallest absolute Gasteiger partial charge is 0.231 e. The lowest BCUT2D eigenvalue weighted by Crippen LogP contribution is -2.44. The van der Waals surface area contributed by atoms with Gasteiger partial charge in [0.25, 0.3) is 0 Å². The molecule has 1 aromatic carbocycles. The average Bonchev–Trinajstić information content (AvgIpc) is 2.71. The molecule has 0 aromatic heterocycles. The largest absolute Gasteiger partial charge is 0.327 e. The summed E-state index contributed by atoms with van der Waals surface area (Å²) in [5.74, 6) is 0.514. The molecule has 1 aliphatic rings. The van der Waals surface area contributed by atoms with Crippen molar-refractivity contribution in [1.82, 2.24) is 0 Å². The van der Waals surface area contributed by atoms with Crippen molar-refractivity contribution >= 4 is 11.6 Å². The van der Waals surface area contributed by atoms with Crippen molar-refractivity contribution in [2.45, 2.75) is 52.0 Å². The third kappa shape index (κ3) is 2.81. The Morgan fingerprint density at radius 3 is 2.79 bits per heavy atom. The molecule has 0 aliphatic heterocycles. The Morgan fingerprint density at radius 2 is 2.21 bits per heavy atom.